The molecule has 0 radical (unpaired) electrons. The van der Waals surface area contributed by atoms with Gasteiger partial charge in [0, 0.05) is 29.8 Å². The summed E-state index contributed by atoms with van der Waals surface area (Å²) in [6, 6.07) is 12.2. The molecule has 0 saturated heterocycles. The van der Waals surface area contributed by atoms with Crippen molar-refractivity contribution >= 4 is 21.8 Å². The van der Waals surface area contributed by atoms with Crippen LogP contribution in [-0.2, 0) is 26.1 Å². The van der Waals surface area contributed by atoms with Crippen LogP contribution < -0.4 is 15.4 Å². The second kappa shape index (κ2) is 10.8. The van der Waals surface area contributed by atoms with Crippen LogP contribution in [0.4, 0.5) is 10.5 Å². The van der Waals surface area contributed by atoms with Gasteiger partial charge in [0.25, 0.3) is 0 Å². The molecule has 1 atom stereocenters. The van der Waals surface area contributed by atoms with E-state index in [1.54, 1.807) is 4.90 Å². The van der Waals surface area contributed by atoms with Crippen LogP contribution in [-0.4, -0.2) is 43.4 Å². The number of carbonyl (C=O) groups excluding carboxylic acids is 1. The van der Waals surface area contributed by atoms with Crippen LogP contribution in [0, 0.1) is 0 Å². The molecular weight excluding hydrogens is 482 g/mol. The number of primary sulfonamides is 1. The van der Waals surface area contributed by atoms with E-state index in [4.69, 9.17) is 9.88 Å². The third-order valence-electron chi connectivity index (χ3n) is 6.91. The number of phenols is 1. The van der Waals surface area contributed by atoms with Gasteiger partial charge in [-0.25, -0.2) is 18.4 Å². The molecule has 3 rings (SSSR count). The normalized spacial score (nSPS) is 16.4. The van der Waals surface area contributed by atoms with Crippen molar-refractivity contribution in [2.45, 2.75) is 70.0 Å². The molecule has 10 heteroatoms. The van der Waals surface area contributed by atoms with Crippen LogP contribution in [0.3, 0.4) is 0 Å². The fourth-order valence-electron chi connectivity index (χ4n) is 4.57. The number of cyclic esters (lactones) is 1. The van der Waals surface area contributed by atoms with Crippen LogP contribution in [0.2, 0.25) is 0 Å². The van der Waals surface area contributed by atoms with Crippen molar-refractivity contribution in [3.8, 4) is 5.75 Å². The number of hydrogen-bond donors (Lipinski definition) is 4. The average Bonchev–Trinajstić information content (AvgIpc) is 2.82. The summed E-state index contributed by atoms with van der Waals surface area (Å²) in [5, 5.41) is 29.0. The van der Waals surface area contributed by atoms with Crippen LogP contribution >= 0.6 is 0 Å². The number of sulfonamides is 1. The maximum atomic E-state index is 13.0. The average molecular weight is 520 g/mol. The van der Waals surface area contributed by atoms with Crippen molar-refractivity contribution in [1.29, 1.82) is 0 Å². The number of nitrogens with zero attached hydrogens (tertiary/aromatic N) is 1. The highest BCUT2D eigenvalue weighted by Gasteiger charge is 2.42. The predicted octanol–water partition coefficient (Wildman–Crippen LogP) is 3.64. The smallest absolute Gasteiger partial charge is 0.415 e. The summed E-state index contributed by atoms with van der Waals surface area (Å²) in [5.74, 6) is -0.722. The highest BCUT2D eigenvalue weighted by molar-refractivity contribution is 7.88. The van der Waals surface area contributed by atoms with Crippen molar-refractivity contribution in [2.24, 2.45) is 5.14 Å². The van der Waals surface area contributed by atoms with E-state index in [-0.39, 0.29) is 24.0 Å². The number of hydrogen-bond acceptors (Lipinski definition) is 7. The third kappa shape index (κ3) is 6.36. The Kier molecular flexibility index (Phi) is 8.34. The minimum Gasteiger partial charge on any atom is -0.508 e. The molecule has 2 aromatic carbocycles. The molecule has 5 N–H and O–H groups in total. The van der Waals surface area contributed by atoms with E-state index >= 15 is 0 Å². The molecule has 0 spiro atoms. The van der Waals surface area contributed by atoms with Gasteiger partial charge in [-0.1, -0.05) is 38.1 Å². The number of anilines is 1. The molecule has 0 aliphatic carbocycles. The Morgan fingerprint density at radius 1 is 1.17 bits per heavy atom. The third-order valence-corrected chi connectivity index (χ3v) is 7.62. The molecule has 0 saturated carbocycles. The minimum absolute atomic E-state index is 0.130. The van der Waals surface area contributed by atoms with Crippen molar-refractivity contribution in [2.75, 3.05) is 18.0 Å². The molecule has 1 heterocycles. The lowest BCUT2D eigenvalue weighted by molar-refractivity contribution is -0.00134. The standard InChI is InChI=1S/C26H37N3O6S/c1-5-26(6-2)20-9-7-8-10-21(20)29(24(32)35-26)14-13-25(3,4)28-16-23(31)18-11-12-22(30)19(15-18)17-36(27,33)34/h7-12,15,23,28,30-31H,5-6,13-14,16-17H2,1-4H3,(H2,27,33,34)/t23-/m0/s1. The van der Waals surface area contributed by atoms with Gasteiger partial charge in [-0.2, -0.15) is 0 Å². The lowest BCUT2D eigenvalue weighted by Crippen LogP contribution is -2.49. The van der Waals surface area contributed by atoms with Gasteiger partial charge in [0.1, 0.15) is 11.4 Å². The number of para-hydroxylation sites is 1. The molecular formula is C26H37N3O6S. The Morgan fingerprint density at radius 3 is 2.47 bits per heavy atom. The number of fused-ring (bicyclic) bond motifs is 1. The Hall–Kier alpha value is -2.66. The van der Waals surface area contributed by atoms with Crippen molar-refractivity contribution in [1.82, 2.24) is 5.32 Å². The van der Waals surface area contributed by atoms with Gasteiger partial charge in [0.15, 0.2) is 0 Å². The first-order valence-electron chi connectivity index (χ1n) is 12.2. The van der Waals surface area contributed by atoms with Crippen LogP contribution in [0.1, 0.15) is 69.8 Å². The molecule has 36 heavy (non-hydrogen) atoms. The van der Waals surface area contributed by atoms with Gasteiger partial charge < -0.3 is 20.3 Å². The lowest BCUT2D eigenvalue weighted by Gasteiger charge is -2.42. The lowest BCUT2D eigenvalue weighted by atomic mass is 9.85. The Balaban J connectivity index is 1.67. The second-order valence-corrected chi connectivity index (χ2v) is 11.6. The quantitative estimate of drug-likeness (QED) is 0.355. The van der Waals surface area contributed by atoms with Gasteiger partial charge in [0.2, 0.25) is 10.0 Å². The first-order chi connectivity index (χ1) is 16.8. The van der Waals surface area contributed by atoms with Crippen molar-refractivity contribution < 1.29 is 28.2 Å². The fraction of sp³-hybridized carbons (Fsp3) is 0.500. The van der Waals surface area contributed by atoms with E-state index < -0.39 is 33.0 Å². The van der Waals surface area contributed by atoms with Gasteiger partial charge in [0.05, 0.1) is 17.5 Å². The van der Waals surface area contributed by atoms with E-state index in [0.29, 0.717) is 31.4 Å². The Labute approximate surface area is 213 Å². The number of β-amino-alcohol motifs (C(OH)–C–C–N with tert-alkyl or cyclic N) is 1. The first-order valence-corrected chi connectivity index (χ1v) is 13.9. The summed E-state index contributed by atoms with van der Waals surface area (Å²) in [5.41, 5.74) is 1.40. The Morgan fingerprint density at radius 2 is 1.83 bits per heavy atom. The maximum Gasteiger partial charge on any atom is 0.415 e. The van der Waals surface area contributed by atoms with E-state index in [1.165, 1.54) is 18.2 Å². The number of ether oxygens (including phenoxy) is 1. The van der Waals surface area contributed by atoms with Gasteiger partial charge in [-0.05, 0) is 56.9 Å². The molecule has 0 fully saturated rings. The van der Waals surface area contributed by atoms with Gasteiger partial charge in [-0.3, -0.25) is 4.90 Å². The number of amides is 1. The minimum atomic E-state index is -3.83. The maximum absolute atomic E-state index is 13.0. The van der Waals surface area contributed by atoms with E-state index in [0.717, 1.165) is 11.3 Å². The number of aliphatic hydroxyl groups excluding tert-OH is 1. The number of benzene rings is 2. The topological polar surface area (TPSA) is 142 Å². The van der Waals surface area contributed by atoms with Gasteiger partial charge >= 0.3 is 6.09 Å². The molecule has 0 bridgehead atoms. The number of aromatic hydroxyl groups is 1. The second-order valence-electron chi connectivity index (χ2n) is 9.96. The monoisotopic (exact) mass is 519 g/mol. The molecule has 198 valence electrons. The zero-order valence-corrected chi connectivity index (χ0v) is 22.1. The largest absolute Gasteiger partial charge is 0.508 e. The highest BCUT2D eigenvalue weighted by atomic mass is 32.2. The van der Waals surface area contributed by atoms with Crippen LogP contribution in [0.15, 0.2) is 42.5 Å². The number of nitrogens with two attached hydrogens (primary N) is 1. The fourth-order valence-corrected chi connectivity index (χ4v) is 5.24. The van der Waals surface area contributed by atoms with E-state index in [1.807, 2.05) is 52.0 Å². The summed E-state index contributed by atoms with van der Waals surface area (Å²) in [6.45, 7) is 8.61. The molecule has 1 amide bonds. The number of rotatable bonds is 11. The van der Waals surface area contributed by atoms with Crippen LogP contribution in [0.25, 0.3) is 0 Å². The zero-order valence-electron chi connectivity index (χ0n) is 21.3. The van der Waals surface area contributed by atoms with Crippen molar-refractivity contribution in [3.63, 3.8) is 0 Å². The highest BCUT2D eigenvalue weighted by Crippen LogP contribution is 2.43. The predicted molar refractivity (Wildman–Crippen MR) is 139 cm³/mol. The number of phenolic OH excluding ortho intramolecular Hbond substituents is 1. The van der Waals surface area contributed by atoms with Crippen LogP contribution in [0.5, 0.6) is 5.75 Å². The molecule has 9 nitrogen and oxygen atoms in total. The van der Waals surface area contributed by atoms with E-state index in [2.05, 4.69) is 5.32 Å². The SMILES string of the molecule is CCC1(CC)OC(=O)N(CCC(C)(C)NC[C@H](O)c2ccc(O)c(CS(N)(=O)=O)c2)c2ccccc21. The van der Waals surface area contributed by atoms with E-state index in [9.17, 15) is 23.4 Å². The van der Waals surface area contributed by atoms with Gasteiger partial charge in [-0.15, -0.1) is 0 Å². The summed E-state index contributed by atoms with van der Waals surface area (Å²) in [7, 11) is -3.83. The summed E-state index contributed by atoms with van der Waals surface area (Å²) in [4.78, 5) is 14.7. The summed E-state index contributed by atoms with van der Waals surface area (Å²) in [6.07, 6.45) is 0.669. The van der Waals surface area contributed by atoms with Crippen molar-refractivity contribution in [3.05, 3.63) is 59.2 Å². The molecule has 0 unspecified atom stereocenters. The molecule has 1 aliphatic rings. The zero-order chi connectivity index (χ0) is 26.7. The molecule has 1 aliphatic heterocycles. The number of aliphatic hydroxyl groups is 1. The Bertz CT molecular complexity index is 1190. The summed E-state index contributed by atoms with van der Waals surface area (Å²) >= 11 is 0. The first kappa shape index (κ1) is 27.9. The molecule has 0 aromatic heterocycles. The number of carbonyl (C=O) groups is 1. The number of nitrogens with one attached hydrogen (secondary N) is 1. The molecule has 2 aromatic rings. The summed E-state index contributed by atoms with van der Waals surface area (Å²) < 4.78 is 28.8.